The molecule has 1 fully saturated rings. The molecule has 20 heavy (non-hydrogen) atoms. The van der Waals surface area contributed by atoms with E-state index >= 15 is 0 Å². The van der Waals surface area contributed by atoms with Crippen molar-refractivity contribution in [2.45, 2.75) is 30.6 Å². The Balaban J connectivity index is 1.83. The van der Waals surface area contributed by atoms with E-state index < -0.39 is 0 Å². The van der Waals surface area contributed by atoms with E-state index in [0.29, 0.717) is 6.54 Å². The lowest BCUT2D eigenvalue weighted by atomic mass is 10.1. The zero-order chi connectivity index (χ0) is 14.4. The van der Waals surface area contributed by atoms with Gasteiger partial charge >= 0.3 is 6.03 Å². The van der Waals surface area contributed by atoms with Crippen molar-refractivity contribution in [3.63, 3.8) is 0 Å². The van der Waals surface area contributed by atoms with Crippen LogP contribution in [-0.2, 0) is 0 Å². The topological polar surface area (TPSA) is 61.4 Å². The standard InChI is InChI=1S/C15H22N2O2S/c1-15(8-5-9-20-15)11-16-14(19)17-13(10-18)12-6-3-2-4-7-12/h2-4,6-7,13,18H,5,8-11H2,1H3,(H2,16,17,19)/t13-,15-/m1/s1. The zero-order valence-electron chi connectivity index (χ0n) is 11.8. The van der Waals surface area contributed by atoms with Gasteiger partial charge in [-0.05, 0) is 31.1 Å². The molecule has 110 valence electrons. The van der Waals surface area contributed by atoms with Gasteiger partial charge in [0.05, 0.1) is 12.6 Å². The molecule has 2 amide bonds. The first-order valence-electron chi connectivity index (χ1n) is 6.97. The minimum absolute atomic E-state index is 0.108. The highest BCUT2D eigenvalue weighted by Crippen LogP contribution is 2.36. The van der Waals surface area contributed by atoms with Crippen molar-refractivity contribution in [3.05, 3.63) is 35.9 Å². The van der Waals surface area contributed by atoms with Gasteiger partial charge in [-0.15, -0.1) is 0 Å². The van der Waals surface area contributed by atoms with Crippen molar-refractivity contribution < 1.29 is 9.90 Å². The summed E-state index contributed by atoms with van der Waals surface area (Å²) in [5.41, 5.74) is 0.909. The number of aliphatic hydroxyl groups is 1. The highest BCUT2D eigenvalue weighted by molar-refractivity contribution is 8.00. The van der Waals surface area contributed by atoms with Crippen LogP contribution in [0.5, 0.6) is 0 Å². The quantitative estimate of drug-likeness (QED) is 0.781. The van der Waals surface area contributed by atoms with Gasteiger partial charge < -0.3 is 15.7 Å². The van der Waals surface area contributed by atoms with Crippen molar-refractivity contribution in [2.75, 3.05) is 18.9 Å². The van der Waals surface area contributed by atoms with E-state index in [2.05, 4.69) is 17.6 Å². The fourth-order valence-corrected chi connectivity index (χ4v) is 3.62. The van der Waals surface area contributed by atoms with E-state index in [1.54, 1.807) is 0 Å². The Labute approximate surface area is 124 Å². The number of carbonyl (C=O) groups excluding carboxylic acids is 1. The highest BCUT2D eigenvalue weighted by atomic mass is 32.2. The minimum atomic E-state index is -0.361. The maximum Gasteiger partial charge on any atom is 0.315 e. The largest absolute Gasteiger partial charge is 0.394 e. The van der Waals surface area contributed by atoms with Gasteiger partial charge in [0.1, 0.15) is 0 Å². The van der Waals surface area contributed by atoms with Crippen LogP contribution in [0.1, 0.15) is 31.4 Å². The molecule has 0 bridgehead atoms. The van der Waals surface area contributed by atoms with Crippen LogP contribution >= 0.6 is 11.8 Å². The van der Waals surface area contributed by atoms with Crippen LogP contribution in [0.2, 0.25) is 0 Å². The molecule has 1 aliphatic rings. The highest BCUT2D eigenvalue weighted by Gasteiger charge is 2.29. The molecule has 1 heterocycles. The Morgan fingerprint density at radius 1 is 1.45 bits per heavy atom. The molecule has 5 heteroatoms. The van der Waals surface area contributed by atoms with Crippen LogP contribution in [-0.4, -0.2) is 34.8 Å². The summed E-state index contributed by atoms with van der Waals surface area (Å²) in [6.45, 7) is 2.74. The fraction of sp³-hybridized carbons (Fsp3) is 0.533. The maximum atomic E-state index is 11.9. The van der Waals surface area contributed by atoms with E-state index in [9.17, 15) is 9.90 Å². The van der Waals surface area contributed by atoms with Crippen molar-refractivity contribution in [3.8, 4) is 0 Å². The van der Waals surface area contributed by atoms with Crippen LogP contribution in [0.25, 0.3) is 0 Å². The molecule has 0 aliphatic carbocycles. The number of carbonyl (C=O) groups is 1. The molecular weight excluding hydrogens is 272 g/mol. The van der Waals surface area contributed by atoms with Gasteiger partial charge in [0.2, 0.25) is 0 Å². The van der Waals surface area contributed by atoms with E-state index in [-0.39, 0.29) is 23.4 Å². The SMILES string of the molecule is C[C@]1(CNC(=O)N[C@H](CO)c2ccccc2)CCCS1. The molecule has 1 aliphatic heterocycles. The predicted molar refractivity (Wildman–Crippen MR) is 82.9 cm³/mol. The summed E-state index contributed by atoms with van der Waals surface area (Å²) in [7, 11) is 0. The molecule has 2 atom stereocenters. The Morgan fingerprint density at radius 2 is 2.20 bits per heavy atom. The van der Waals surface area contributed by atoms with Crippen molar-refractivity contribution in [1.29, 1.82) is 0 Å². The number of thioether (sulfide) groups is 1. The van der Waals surface area contributed by atoms with E-state index in [4.69, 9.17) is 0 Å². The van der Waals surface area contributed by atoms with Crippen molar-refractivity contribution in [2.24, 2.45) is 0 Å². The summed E-state index contributed by atoms with van der Waals surface area (Å²) < 4.78 is 0.152. The zero-order valence-corrected chi connectivity index (χ0v) is 12.6. The molecule has 0 saturated carbocycles. The van der Waals surface area contributed by atoms with Crippen LogP contribution < -0.4 is 10.6 Å². The Morgan fingerprint density at radius 3 is 2.80 bits per heavy atom. The Hall–Kier alpha value is -1.20. The molecule has 1 aromatic rings. The van der Waals surface area contributed by atoms with E-state index in [1.807, 2.05) is 42.1 Å². The van der Waals surface area contributed by atoms with Crippen LogP contribution in [0, 0.1) is 0 Å². The van der Waals surface area contributed by atoms with Gasteiger partial charge in [-0.1, -0.05) is 30.3 Å². The number of hydrogen-bond donors (Lipinski definition) is 3. The fourth-order valence-electron chi connectivity index (χ4n) is 2.37. The van der Waals surface area contributed by atoms with Crippen molar-refractivity contribution in [1.82, 2.24) is 10.6 Å². The molecule has 1 aromatic carbocycles. The maximum absolute atomic E-state index is 11.9. The second-order valence-corrected chi connectivity index (χ2v) is 7.06. The third-order valence-electron chi connectivity index (χ3n) is 3.61. The van der Waals surface area contributed by atoms with Crippen molar-refractivity contribution >= 4 is 17.8 Å². The molecule has 0 aromatic heterocycles. The van der Waals surface area contributed by atoms with E-state index in [0.717, 1.165) is 12.0 Å². The summed E-state index contributed by atoms with van der Waals surface area (Å²) in [6, 6.07) is 8.92. The average Bonchev–Trinajstić information content (AvgIpc) is 2.91. The summed E-state index contributed by atoms with van der Waals surface area (Å²) in [4.78, 5) is 11.9. The number of hydrogen-bond acceptors (Lipinski definition) is 3. The lowest BCUT2D eigenvalue weighted by Crippen LogP contribution is -2.44. The van der Waals surface area contributed by atoms with Gasteiger partial charge in [-0.3, -0.25) is 0 Å². The smallest absolute Gasteiger partial charge is 0.315 e. The number of aliphatic hydroxyl groups excluding tert-OH is 1. The van der Waals surface area contributed by atoms with Crippen LogP contribution in [0.4, 0.5) is 4.79 Å². The summed E-state index contributed by atoms with van der Waals surface area (Å²) in [5.74, 6) is 1.17. The van der Waals surface area contributed by atoms with Gasteiger partial charge in [0.15, 0.2) is 0 Å². The molecule has 4 nitrogen and oxygen atoms in total. The van der Waals surface area contributed by atoms with Gasteiger partial charge in [0.25, 0.3) is 0 Å². The molecular formula is C15H22N2O2S. The lowest BCUT2D eigenvalue weighted by molar-refractivity contribution is 0.216. The summed E-state index contributed by atoms with van der Waals surface area (Å²) in [5, 5.41) is 15.1. The lowest BCUT2D eigenvalue weighted by Gasteiger charge is -2.24. The Kier molecular flexibility index (Phi) is 5.31. The van der Waals surface area contributed by atoms with E-state index in [1.165, 1.54) is 12.2 Å². The molecule has 2 rings (SSSR count). The third-order valence-corrected chi connectivity index (χ3v) is 5.15. The monoisotopic (exact) mass is 294 g/mol. The first-order valence-corrected chi connectivity index (χ1v) is 7.96. The number of urea groups is 1. The van der Waals surface area contributed by atoms with Gasteiger partial charge in [0, 0.05) is 11.3 Å². The van der Waals surface area contributed by atoms with Gasteiger partial charge in [-0.2, -0.15) is 11.8 Å². The second kappa shape index (κ2) is 6.99. The molecule has 0 unspecified atom stereocenters. The number of rotatable bonds is 5. The first-order chi connectivity index (χ1) is 9.63. The molecule has 0 radical (unpaired) electrons. The minimum Gasteiger partial charge on any atom is -0.394 e. The number of amides is 2. The van der Waals surface area contributed by atoms with Crippen LogP contribution in [0.3, 0.4) is 0 Å². The summed E-state index contributed by atoms with van der Waals surface area (Å²) >= 11 is 1.92. The Bertz CT molecular complexity index is 433. The first kappa shape index (κ1) is 15.2. The molecule has 0 spiro atoms. The second-order valence-electron chi connectivity index (χ2n) is 5.37. The summed E-state index contributed by atoms with van der Waals surface area (Å²) in [6.07, 6.45) is 2.35. The number of nitrogens with one attached hydrogen (secondary N) is 2. The molecule has 1 saturated heterocycles. The normalized spacial score (nSPS) is 23.3. The predicted octanol–water partition coefficient (Wildman–Crippen LogP) is 2.30. The van der Waals surface area contributed by atoms with Crippen LogP contribution in [0.15, 0.2) is 30.3 Å². The number of benzene rings is 1. The third kappa shape index (κ3) is 4.15. The average molecular weight is 294 g/mol. The van der Waals surface area contributed by atoms with Gasteiger partial charge in [-0.25, -0.2) is 4.79 Å². The molecule has 3 N–H and O–H groups in total.